The highest BCUT2D eigenvalue weighted by molar-refractivity contribution is 5.75. The van der Waals surface area contributed by atoms with E-state index in [0.29, 0.717) is 6.04 Å². The molecule has 3 unspecified atom stereocenters. The van der Waals surface area contributed by atoms with E-state index in [1.165, 1.54) is 25.7 Å². The summed E-state index contributed by atoms with van der Waals surface area (Å²) < 4.78 is 0. The number of carbonyl (C=O) groups is 1. The van der Waals surface area contributed by atoms with Gasteiger partial charge in [-0.25, -0.2) is 4.79 Å². The van der Waals surface area contributed by atoms with Crippen molar-refractivity contribution in [3.8, 4) is 0 Å². The van der Waals surface area contributed by atoms with Crippen molar-refractivity contribution in [2.45, 2.75) is 38.1 Å². The fourth-order valence-electron chi connectivity index (χ4n) is 3.56. The first-order valence-corrected chi connectivity index (χ1v) is 5.89. The minimum Gasteiger partial charge on any atom is -0.338 e. The zero-order valence-corrected chi connectivity index (χ0v) is 8.54. The summed E-state index contributed by atoms with van der Waals surface area (Å²) in [6, 6.07) is 0.767. The molecule has 1 aliphatic heterocycles. The third-order valence-corrected chi connectivity index (χ3v) is 4.21. The Labute approximate surface area is 84.8 Å². The summed E-state index contributed by atoms with van der Waals surface area (Å²) >= 11 is 0. The van der Waals surface area contributed by atoms with Gasteiger partial charge in [0.1, 0.15) is 0 Å². The van der Waals surface area contributed by atoms with E-state index in [2.05, 4.69) is 10.2 Å². The third kappa shape index (κ3) is 1.22. The van der Waals surface area contributed by atoms with E-state index < -0.39 is 0 Å². The van der Waals surface area contributed by atoms with Crippen LogP contribution in [0.2, 0.25) is 0 Å². The summed E-state index contributed by atoms with van der Waals surface area (Å²) in [4.78, 5) is 13.8. The quantitative estimate of drug-likeness (QED) is 0.675. The predicted octanol–water partition coefficient (Wildman–Crippen LogP) is 1.59. The lowest BCUT2D eigenvalue weighted by atomic mass is 9.94. The summed E-state index contributed by atoms with van der Waals surface area (Å²) in [7, 11) is 0. The van der Waals surface area contributed by atoms with Crippen LogP contribution in [0.3, 0.4) is 0 Å². The molecule has 3 aliphatic rings. The molecule has 0 aromatic heterocycles. The van der Waals surface area contributed by atoms with Crippen molar-refractivity contribution in [3.05, 3.63) is 0 Å². The zero-order chi connectivity index (χ0) is 9.54. The van der Waals surface area contributed by atoms with Crippen LogP contribution in [0, 0.1) is 11.8 Å². The van der Waals surface area contributed by atoms with E-state index in [1.54, 1.807) is 0 Å². The maximum absolute atomic E-state index is 11.7. The highest BCUT2D eigenvalue weighted by Crippen LogP contribution is 2.46. The SMILES string of the molecule is O=C1NCCCN1C1CC2CCC1C2. The number of nitrogens with one attached hydrogen (secondary N) is 1. The maximum atomic E-state index is 11.7. The second-order valence-electron chi connectivity index (χ2n) is 5.02. The third-order valence-electron chi connectivity index (χ3n) is 4.21. The van der Waals surface area contributed by atoms with E-state index in [-0.39, 0.29) is 6.03 Å². The molecule has 2 aliphatic carbocycles. The molecule has 3 rings (SSSR count). The minimum atomic E-state index is 0.189. The molecule has 3 nitrogen and oxygen atoms in total. The van der Waals surface area contributed by atoms with E-state index in [9.17, 15) is 4.79 Å². The highest BCUT2D eigenvalue weighted by Gasteiger charge is 2.43. The normalized spacial score (nSPS) is 41.6. The molecule has 0 spiro atoms. The Morgan fingerprint density at radius 2 is 2.21 bits per heavy atom. The molecule has 2 saturated carbocycles. The number of amides is 2. The van der Waals surface area contributed by atoms with Crippen molar-refractivity contribution < 1.29 is 4.79 Å². The van der Waals surface area contributed by atoms with Crippen LogP contribution < -0.4 is 5.32 Å². The van der Waals surface area contributed by atoms with Crippen LogP contribution in [0.4, 0.5) is 4.79 Å². The monoisotopic (exact) mass is 194 g/mol. The molecule has 1 N–H and O–H groups in total. The van der Waals surface area contributed by atoms with Crippen molar-refractivity contribution >= 4 is 6.03 Å². The summed E-state index contributed by atoms with van der Waals surface area (Å²) in [5.41, 5.74) is 0. The lowest BCUT2D eigenvalue weighted by molar-refractivity contribution is 0.135. The smallest absolute Gasteiger partial charge is 0.317 e. The first kappa shape index (κ1) is 8.57. The summed E-state index contributed by atoms with van der Waals surface area (Å²) in [5.74, 6) is 1.75. The molecular formula is C11H18N2O. The summed E-state index contributed by atoms with van der Waals surface area (Å²) in [5, 5.41) is 2.96. The van der Waals surface area contributed by atoms with Gasteiger partial charge < -0.3 is 10.2 Å². The van der Waals surface area contributed by atoms with Crippen molar-refractivity contribution in [2.24, 2.45) is 11.8 Å². The lowest BCUT2D eigenvalue weighted by Gasteiger charge is -2.37. The van der Waals surface area contributed by atoms with Gasteiger partial charge in [-0.05, 0) is 37.5 Å². The van der Waals surface area contributed by atoms with Crippen LogP contribution in [-0.4, -0.2) is 30.1 Å². The average molecular weight is 194 g/mol. The Kier molecular flexibility index (Phi) is 1.92. The highest BCUT2D eigenvalue weighted by atomic mass is 16.2. The molecule has 3 heteroatoms. The largest absolute Gasteiger partial charge is 0.338 e. The number of nitrogens with zero attached hydrogens (tertiary/aromatic N) is 1. The fourth-order valence-corrected chi connectivity index (χ4v) is 3.56. The minimum absolute atomic E-state index is 0.189. The van der Waals surface area contributed by atoms with Gasteiger partial charge in [-0.3, -0.25) is 0 Å². The van der Waals surface area contributed by atoms with E-state index in [0.717, 1.165) is 31.3 Å². The van der Waals surface area contributed by atoms with Gasteiger partial charge in [0.05, 0.1) is 0 Å². The predicted molar refractivity (Wildman–Crippen MR) is 54.0 cm³/mol. The van der Waals surface area contributed by atoms with Crippen LogP contribution in [-0.2, 0) is 0 Å². The molecular weight excluding hydrogens is 176 g/mol. The van der Waals surface area contributed by atoms with E-state index in [4.69, 9.17) is 0 Å². The van der Waals surface area contributed by atoms with Gasteiger partial charge in [-0.15, -0.1) is 0 Å². The van der Waals surface area contributed by atoms with Crippen molar-refractivity contribution in [2.75, 3.05) is 13.1 Å². The molecule has 1 saturated heterocycles. The molecule has 3 fully saturated rings. The first-order valence-electron chi connectivity index (χ1n) is 5.89. The Balaban J connectivity index is 1.72. The van der Waals surface area contributed by atoms with Gasteiger partial charge in [-0.1, -0.05) is 6.42 Å². The second-order valence-corrected chi connectivity index (χ2v) is 5.02. The number of urea groups is 1. The van der Waals surface area contributed by atoms with Crippen molar-refractivity contribution in [1.29, 1.82) is 0 Å². The van der Waals surface area contributed by atoms with Crippen LogP contribution >= 0.6 is 0 Å². The van der Waals surface area contributed by atoms with E-state index >= 15 is 0 Å². The average Bonchev–Trinajstić information content (AvgIpc) is 2.79. The number of fused-ring (bicyclic) bond motifs is 2. The molecule has 0 aromatic rings. The van der Waals surface area contributed by atoms with Crippen LogP contribution in [0.15, 0.2) is 0 Å². The van der Waals surface area contributed by atoms with Crippen LogP contribution in [0.5, 0.6) is 0 Å². The number of hydrogen-bond donors (Lipinski definition) is 1. The van der Waals surface area contributed by atoms with Crippen molar-refractivity contribution in [3.63, 3.8) is 0 Å². The topological polar surface area (TPSA) is 32.3 Å². The molecule has 2 amide bonds. The van der Waals surface area contributed by atoms with Crippen LogP contribution in [0.25, 0.3) is 0 Å². The Hall–Kier alpha value is -0.730. The van der Waals surface area contributed by atoms with E-state index in [1.807, 2.05) is 0 Å². The van der Waals surface area contributed by atoms with Gasteiger partial charge >= 0.3 is 6.03 Å². The van der Waals surface area contributed by atoms with Gasteiger partial charge in [0.15, 0.2) is 0 Å². The van der Waals surface area contributed by atoms with Gasteiger partial charge in [0.25, 0.3) is 0 Å². The molecule has 2 bridgehead atoms. The fraction of sp³-hybridized carbons (Fsp3) is 0.909. The Morgan fingerprint density at radius 1 is 1.29 bits per heavy atom. The molecule has 78 valence electrons. The molecule has 0 aromatic carbocycles. The first-order chi connectivity index (χ1) is 6.84. The number of carbonyl (C=O) groups excluding carboxylic acids is 1. The van der Waals surface area contributed by atoms with Gasteiger partial charge in [-0.2, -0.15) is 0 Å². The Morgan fingerprint density at radius 3 is 2.86 bits per heavy atom. The summed E-state index contributed by atoms with van der Waals surface area (Å²) in [6.45, 7) is 1.86. The lowest BCUT2D eigenvalue weighted by Crippen LogP contribution is -2.52. The van der Waals surface area contributed by atoms with Gasteiger partial charge in [0.2, 0.25) is 0 Å². The number of rotatable bonds is 1. The van der Waals surface area contributed by atoms with Gasteiger partial charge in [0, 0.05) is 19.1 Å². The number of hydrogen-bond acceptors (Lipinski definition) is 1. The summed E-state index contributed by atoms with van der Waals surface area (Å²) in [6.07, 6.45) is 6.56. The molecule has 1 heterocycles. The van der Waals surface area contributed by atoms with Crippen molar-refractivity contribution in [1.82, 2.24) is 10.2 Å². The maximum Gasteiger partial charge on any atom is 0.317 e. The molecule has 3 atom stereocenters. The standard InChI is InChI=1S/C11H18N2O/c14-11-12-4-1-5-13(11)10-7-8-2-3-9(10)6-8/h8-10H,1-7H2,(H,12,14). The molecule has 0 radical (unpaired) electrons. The second kappa shape index (κ2) is 3.14. The van der Waals surface area contributed by atoms with Crippen LogP contribution in [0.1, 0.15) is 32.1 Å². The Bertz CT molecular complexity index is 254. The molecule has 14 heavy (non-hydrogen) atoms. The zero-order valence-electron chi connectivity index (χ0n) is 8.54.